The lowest BCUT2D eigenvalue weighted by Crippen LogP contribution is -2.34. The Morgan fingerprint density at radius 1 is 0.404 bits per heavy atom. The number of hydrogen-bond acceptors (Lipinski definition) is 5. The molecule has 0 bridgehead atoms. The Labute approximate surface area is 323 Å². The van der Waals surface area contributed by atoms with E-state index < -0.39 is 0 Å². The van der Waals surface area contributed by atoms with Crippen LogP contribution in [-0.4, -0.2) is 92.5 Å². The van der Waals surface area contributed by atoms with Gasteiger partial charge in [-0.25, -0.2) is 16.2 Å². The molecule has 0 atom stereocenters. The molecule has 52 heavy (non-hydrogen) atoms. The molecule has 0 aromatic heterocycles. The predicted molar refractivity (Wildman–Crippen MR) is 221 cm³/mol. The van der Waals surface area contributed by atoms with Crippen LogP contribution in [0.4, 0.5) is 9.59 Å². The van der Waals surface area contributed by atoms with Crippen molar-refractivity contribution in [3.63, 3.8) is 0 Å². The molecule has 0 unspecified atom stereocenters. The van der Waals surface area contributed by atoms with Gasteiger partial charge in [0.1, 0.15) is 0 Å². The fourth-order valence-corrected chi connectivity index (χ4v) is 6.65. The fourth-order valence-electron chi connectivity index (χ4n) is 6.65. The highest BCUT2D eigenvalue weighted by molar-refractivity contribution is 5.67. The van der Waals surface area contributed by atoms with E-state index in [2.05, 4.69) is 37.4 Å². The number of carbonyl (C=O) groups excluding carboxylic acids is 2. The van der Waals surface area contributed by atoms with Gasteiger partial charge in [-0.3, -0.25) is 0 Å². The van der Waals surface area contributed by atoms with E-state index in [1.54, 1.807) is 0 Å². The summed E-state index contributed by atoms with van der Waals surface area (Å²) in [6, 6.07) is 0. The molecule has 0 N–H and O–H groups in total. The van der Waals surface area contributed by atoms with E-state index in [1.807, 2.05) is 9.80 Å². The number of hydrogen-bond donors (Lipinski definition) is 0. The van der Waals surface area contributed by atoms with Crippen molar-refractivity contribution >= 4 is 12.2 Å². The largest absolute Gasteiger partial charge is 0.449 e. The topological polar surface area (TPSA) is 66.7 Å². The highest BCUT2D eigenvalue weighted by atomic mass is 16.6. The van der Waals surface area contributed by atoms with Gasteiger partial charge in [0.15, 0.2) is 0 Å². The molecule has 8 heteroatoms. The minimum Gasteiger partial charge on any atom is -0.449 e. The lowest BCUT2D eigenvalue weighted by atomic mass is 10.1. The predicted octanol–water partition coefficient (Wildman–Crippen LogP) is 12.7. The van der Waals surface area contributed by atoms with Gasteiger partial charge in [0.05, 0.1) is 13.2 Å². The number of unbranched alkanes of at least 4 members (excludes halogenated alkanes) is 20. The van der Waals surface area contributed by atoms with Crippen LogP contribution in [0.2, 0.25) is 0 Å². The first kappa shape index (κ1) is 50.0. The van der Waals surface area contributed by atoms with Crippen LogP contribution in [0.15, 0.2) is 0 Å². The van der Waals surface area contributed by atoms with E-state index in [4.69, 9.17) is 16.0 Å². The van der Waals surface area contributed by atoms with Crippen LogP contribution in [0.25, 0.3) is 4.85 Å². The van der Waals surface area contributed by atoms with Crippen LogP contribution in [0, 0.1) is 6.57 Å². The molecule has 0 rings (SSSR count). The van der Waals surface area contributed by atoms with Gasteiger partial charge in [0.2, 0.25) is 6.54 Å². The second kappa shape index (κ2) is 40.2. The summed E-state index contributed by atoms with van der Waals surface area (Å²) in [7, 11) is 0. The van der Waals surface area contributed by atoms with Crippen LogP contribution < -0.4 is 0 Å². The van der Waals surface area contributed by atoms with E-state index in [0.717, 1.165) is 116 Å². The molecule has 0 saturated heterocycles. The maximum Gasteiger partial charge on any atom is 0.409 e. The van der Waals surface area contributed by atoms with Crippen LogP contribution in [0.1, 0.15) is 201 Å². The minimum absolute atomic E-state index is 0.131. The number of carbonyl (C=O) groups is 2. The summed E-state index contributed by atoms with van der Waals surface area (Å²) in [5, 5.41) is 0. The van der Waals surface area contributed by atoms with Crippen molar-refractivity contribution in [2.75, 3.05) is 65.6 Å². The number of amides is 2. The number of rotatable bonds is 39. The third-order valence-electron chi connectivity index (χ3n) is 10.1. The molecule has 0 aliphatic carbocycles. The summed E-state index contributed by atoms with van der Waals surface area (Å²) in [6.07, 6.45) is 30.7. The van der Waals surface area contributed by atoms with E-state index in [1.165, 1.54) is 103 Å². The zero-order valence-electron chi connectivity index (χ0n) is 35.1. The van der Waals surface area contributed by atoms with Gasteiger partial charge in [-0.1, -0.05) is 130 Å². The van der Waals surface area contributed by atoms with Crippen molar-refractivity contribution in [2.24, 2.45) is 0 Å². The van der Waals surface area contributed by atoms with E-state index in [-0.39, 0.29) is 12.2 Å². The van der Waals surface area contributed by atoms with Gasteiger partial charge < -0.3 is 29.0 Å². The summed E-state index contributed by atoms with van der Waals surface area (Å²) in [6.45, 7) is 23.9. The summed E-state index contributed by atoms with van der Waals surface area (Å²) in [4.78, 5) is 35.8. The second-order valence-electron chi connectivity index (χ2n) is 15.1. The molecule has 0 spiro atoms. The van der Waals surface area contributed by atoms with Gasteiger partial charge in [0.25, 0.3) is 0 Å². The maximum absolute atomic E-state index is 12.9. The SMILES string of the molecule is [C-]#[N+]CCCN(CCCCCOC(=O)N(CCCCCC)CCCCCCCC)CCCCCOC(=O)N(CCCCCC)CCCCCCCC. The third-order valence-corrected chi connectivity index (χ3v) is 10.1. The van der Waals surface area contributed by atoms with Crippen molar-refractivity contribution in [3.8, 4) is 0 Å². The molecule has 306 valence electrons. The molecule has 0 radical (unpaired) electrons. The molecule has 0 aromatic carbocycles. The van der Waals surface area contributed by atoms with Crippen LogP contribution in [-0.2, 0) is 9.47 Å². The Morgan fingerprint density at radius 3 is 1.06 bits per heavy atom. The fraction of sp³-hybridized carbons (Fsp3) is 0.932. The zero-order chi connectivity index (χ0) is 38.2. The quantitative estimate of drug-likeness (QED) is 0.0465. The summed E-state index contributed by atoms with van der Waals surface area (Å²) in [5.74, 6) is 0. The maximum atomic E-state index is 12.9. The second-order valence-corrected chi connectivity index (χ2v) is 15.1. The molecular formula is C44H86N4O4. The summed E-state index contributed by atoms with van der Waals surface area (Å²) >= 11 is 0. The Morgan fingerprint density at radius 2 is 0.692 bits per heavy atom. The van der Waals surface area contributed by atoms with Gasteiger partial charge in [-0.2, -0.15) is 0 Å². The standard InChI is InChI=1S/C44H86N4O4/c1-6-10-14-18-20-28-39-47(37-26-16-12-8-3)43(49)51-41-30-22-24-34-46(36-32-33-45-5)35-25-23-31-42-52-44(50)48(38-27-17-13-9-4)40-29-21-19-15-11-7-2/h6-42H2,1-4H3. The average Bonchev–Trinajstić information content (AvgIpc) is 3.15. The van der Waals surface area contributed by atoms with E-state index in [0.29, 0.717) is 19.8 Å². The first-order valence-electron chi connectivity index (χ1n) is 22.4. The molecule has 0 saturated carbocycles. The van der Waals surface area contributed by atoms with Crippen molar-refractivity contribution < 1.29 is 19.1 Å². The monoisotopic (exact) mass is 735 g/mol. The Hall–Kier alpha value is -2.01. The summed E-state index contributed by atoms with van der Waals surface area (Å²) in [5.41, 5.74) is 0. The smallest absolute Gasteiger partial charge is 0.409 e. The lowest BCUT2D eigenvalue weighted by molar-refractivity contribution is 0.0984. The molecular weight excluding hydrogens is 649 g/mol. The average molecular weight is 735 g/mol. The Balaban J connectivity index is 4.46. The van der Waals surface area contributed by atoms with Crippen LogP contribution in [0.5, 0.6) is 0 Å². The van der Waals surface area contributed by atoms with Gasteiger partial charge in [0, 0.05) is 39.1 Å². The lowest BCUT2D eigenvalue weighted by Gasteiger charge is -2.23. The van der Waals surface area contributed by atoms with Crippen LogP contribution in [0.3, 0.4) is 0 Å². The van der Waals surface area contributed by atoms with E-state index in [9.17, 15) is 9.59 Å². The first-order valence-corrected chi connectivity index (χ1v) is 22.4. The molecule has 0 heterocycles. The molecule has 0 fully saturated rings. The highest BCUT2D eigenvalue weighted by Gasteiger charge is 2.16. The van der Waals surface area contributed by atoms with Gasteiger partial charge in [-0.05, 0) is 77.3 Å². The van der Waals surface area contributed by atoms with Crippen molar-refractivity contribution in [3.05, 3.63) is 11.4 Å². The van der Waals surface area contributed by atoms with Crippen molar-refractivity contribution in [1.82, 2.24) is 14.7 Å². The minimum atomic E-state index is -0.131. The molecule has 8 nitrogen and oxygen atoms in total. The zero-order valence-corrected chi connectivity index (χ0v) is 35.1. The van der Waals surface area contributed by atoms with E-state index >= 15 is 0 Å². The Bertz CT molecular complexity index is 765. The first-order chi connectivity index (χ1) is 25.5. The molecule has 0 aliphatic heterocycles. The van der Waals surface area contributed by atoms with Gasteiger partial charge in [-0.15, -0.1) is 0 Å². The summed E-state index contributed by atoms with van der Waals surface area (Å²) < 4.78 is 11.5. The number of nitrogens with zero attached hydrogens (tertiary/aromatic N) is 4. The molecule has 0 aliphatic rings. The number of ether oxygens (including phenoxy) is 2. The van der Waals surface area contributed by atoms with Gasteiger partial charge >= 0.3 is 12.2 Å². The Kier molecular flexibility index (Phi) is 38.6. The third kappa shape index (κ3) is 32.6. The molecule has 2 amide bonds. The molecule has 0 aromatic rings. The highest BCUT2D eigenvalue weighted by Crippen LogP contribution is 2.12. The van der Waals surface area contributed by atoms with Crippen molar-refractivity contribution in [2.45, 2.75) is 201 Å². The van der Waals surface area contributed by atoms with Crippen LogP contribution >= 0.6 is 0 Å². The van der Waals surface area contributed by atoms with Crippen molar-refractivity contribution in [1.29, 1.82) is 0 Å². The normalized spacial score (nSPS) is 11.2.